The summed E-state index contributed by atoms with van der Waals surface area (Å²) in [5.41, 5.74) is 0.169. The van der Waals surface area contributed by atoms with E-state index in [-0.39, 0.29) is 35.8 Å². The monoisotopic (exact) mass is 452 g/mol. The van der Waals surface area contributed by atoms with Crippen molar-refractivity contribution >= 4 is 23.5 Å². The highest BCUT2D eigenvalue weighted by Crippen LogP contribution is 2.48. The van der Waals surface area contributed by atoms with E-state index in [4.69, 9.17) is 28.4 Å². The number of benzene rings is 1. The van der Waals surface area contributed by atoms with E-state index in [1.807, 2.05) is 12.5 Å². The Labute approximate surface area is 184 Å². The van der Waals surface area contributed by atoms with Crippen LogP contribution in [0.3, 0.4) is 0 Å². The van der Waals surface area contributed by atoms with E-state index in [1.165, 1.54) is 23.5 Å². The first kappa shape index (κ1) is 23.0. The van der Waals surface area contributed by atoms with E-state index in [2.05, 4.69) is 12.1 Å². The van der Waals surface area contributed by atoms with Crippen LogP contribution in [0.5, 0.6) is 11.5 Å². The number of ether oxygens (including phenoxy) is 6. The molecule has 2 unspecified atom stereocenters. The second-order valence-corrected chi connectivity index (χ2v) is 9.08. The number of nitrogens with zero attached hydrogens (tertiary/aromatic N) is 2. The Morgan fingerprint density at radius 1 is 0.800 bits per heavy atom. The maximum Gasteiger partial charge on any atom is 0.226 e. The van der Waals surface area contributed by atoms with E-state index in [0.29, 0.717) is 9.79 Å². The summed E-state index contributed by atoms with van der Waals surface area (Å²) in [7, 11) is 0. The van der Waals surface area contributed by atoms with Gasteiger partial charge in [0, 0.05) is 0 Å². The molecule has 2 aliphatic rings. The number of hydrogen-bond donors (Lipinski definition) is 0. The zero-order valence-electron chi connectivity index (χ0n) is 17.7. The van der Waals surface area contributed by atoms with Crippen molar-refractivity contribution in [2.45, 2.75) is 61.6 Å². The molecule has 1 aromatic rings. The summed E-state index contributed by atoms with van der Waals surface area (Å²) in [6.07, 6.45) is 2.34. The Hall–Kier alpha value is -1.66. The van der Waals surface area contributed by atoms with E-state index >= 15 is 0 Å². The van der Waals surface area contributed by atoms with Crippen molar-refractivity contribution in [1.82, 2.24) is 0 Å². The topological polar surface area (TPSA) is 103 Å². The molecule has 30 heavy (non-hydrogen) atoms. The second-order valence-electron chi connectivity index (χ2n) is 7.45. The summed E-state index contributed by atoms with van der Waals surface area (Å²) in [5, 5.41) is 19.8. The molecule has 0 radical (unpaired) electrons. The molecule has 162 valence electrons. The van der Waals surface area contributed by atoms with Gasteiger partial charge in [-0.15, -0.1) is 23.5 Å². The highest BCUT2D eigenvalue weighted by Gasteiger charge is 2.38. The molecule has 0 aliphatic carbocycles. The minimum absolute atomic E-state index is 0.0844. The van der Waals surface area contributed by atoms with E-state index in [1.54, 1.807) is 27.7 Å². The number of hydrogen-bond acceptors (Lipinski definition) is 10. The molecule has 0 spiro atoms. The van der Waals surface area contributed by atoms with Gasteiger partial charge in [0.1, 0.15) is 36.5 Å². The molecule has 8 nitrogen and oxygen atoms in total. The van der Waals surface area contributed by atoms with Crippen LogP contribution in [-0.2, 0) is 18.9 Å². The molecule has 2 fully saturated rings. The molecule has 0 bridgehead atoms. The molecule has 2 aliphatic heterocycles. The standard InChI is InChI=1S/C20H24N2O6S2/c1-19(2)23-9-13(27-19)25-15-11(7-21)12(8-22)16(18(30-6)17(15)29-5)26-14-10-24-20(3,4)28-14/h13-14H,9-10H2,1-6H3. The molecule has 10 heteroatoms. The molecule has 0 N–H and O–H groups in total. The molecule has 3 rings (SSSR count). The molecule has 2 atom stereocenters. The lowest BCUT2D eigenvalue weighted by Crippen LogP contribution is -2.26. The van der Waals surface area contributed by atoms with Crippen LogP contribution in [0.1, 0.15) is 38.8 Å². The lowest BCUT2D eigenvalue weighted by Gasteiger charge is -2.24. The largest absolute Gasteiger partial charge is 0.460 e. The fraction of sp³-hybridized carbons (Fsp3) is 0.600. The highest BCUT2D eigenvalue weighted by molar-refractivity contribution is 8.01. The van der Waals surface area contributed by atoms with Gasteiger partial charge in [0.25, 0.3) is 0 Å². The van der Waals surface area contributed by atoms with Crippen LogP contribution >= 0.6 is 23.5 Å². The van der Waals surface area contributed by atoms with Gasteiger partial charge in [-0.2, -0.15) is 10.5 Å². The van der Waals surface area contributed by atoms with Gasteiger partial charge in [-0.1, -0.05) is 0 Å². The molecule has 0 amide bonds. The smallest absolute Gasteiger partial charge is 0.226 e. The molecular weight excluding hydrogens is 428 g/mol. The minimum Gasteiger partial charge on any atom is -0.460 e. The van der Waals surface area contributed by atoms with E-state index in [0.717, 1.165) is 0 Å². The zero-order chi connectivity index (χ0) is 22.1. The van der Waals surface area contributed by atoms with Gasteiger partial charge < -0.3 is 28.4 Å². The van der Waals surface area contributed by atoms with Crippen LogP contribution in [0.25, 0.3) is 0 Å². The summed E-state index contributed by atoms with van der Waals surface area (Å²) >= 11 is 2.79. The van der Waals surface area contributed by atoms with Crippen molar-refractivity contribution in [2.75, 3.05) is 25.7 Å². The molecule has 1 aromatic carbocycles. The Balaban J connectivity index is 2.06. The Morgan fingerprint density at radius 2 is 1.17 bits per heavy atom. The van der Waals surface area contributed by atoms with Crippen LogP contribution < -0.4 is 9.47 Å². The van der Waals surface area contributed by atoms with Crippen molar-refractivity contribution in [3.63, 3.8) is 0 Å². The number of rotatable bonds is 6. The first-order chi connectivity index (χ1) is 14.1. The highest BCUT2D eigenvalue weighted by atomic mass is 32.2. The quantitative estimate of drug-likeness (QED) is 0.591. The van der Waals surface area contributed by atoms with Gasteiger partial charge in [-0.3, -0.25) is 0 Å². The third-order valence-electron chi connectivity index (χ3n) is 4.42. The van der Waals surface area contributed by atoms with Gasteiger partial charge in [0.05, 0.1) is 9.79 Å². The van der Waals surface area contributed by atoms with Crippen LogP contribution in [-0.4, -0.2) is 49.9 Å². The van der Waals surface area contributed by atoms with Crippen LogP contribution in [0.2, 0.25) is 0 Å². The van der Waals surface area contributed by atoms with Crippen molar-refractivity contribution < 1.29 is 28.4 Å². The predicted octanol–water partition coefficient (Wildman–Crippen LogP) is 3.85. The van der Waals surface area contributed by atoms with Gasteiger partial charge in [0.15, 0.2) is 23.1 Å². The molecule has 2 heterocycles. The third-order valence-corrected chi connectivity index (χ3v) is 6.14. The van der Waals surface area contributed by atoms with Crippen LogP contribution in [0.15, 0.2) is 9.79 Å². The van der Waals surface area contributed by atoms with Crippen LogP contribution in [0, 0.1) is 22.7 Å². The molecular formula is C20H24N2O6S2. The normalized spacial score (nSPS) is 24.3. The minimum atomic E-state index is -0.785. The van der Waals surface area contributed by atoms with Crippen molar-refractivity contribution in [3.8, 4) is 23.6 Å². The second kappa shape index (κ2) is 8.83. The Bertz CT molecular complexity index is 833. The Morgan fingerprint density at radius 3 is 1.40 bits per heavy atom. The zero-order valence-corrected chi connectivity index (χ0v) is 19.4. The molecule has 2 saturated heterocycles. The number of nitriles is 2. The van der Waals surface area contributed by atoms with Gasteiger partial charge in [0.2, 0.25) is 12.6 Å². The lowest BCUT2D eigenvalue weighted by atomic mass is 10.1. The van der Waals surface area contributed by atoms with E-state index < -0.39 is 24.2 Å². The average Bonchev–Trinajstić information content (AvgIpc) is 3.21. The first-order valence-electron chi connectivity index (χ1n) is 9.23. The van der Waals surface area contributed by atoms with E-state index in [9.17, 15) is 10.5 Å². The fourth-order valence-electron chi connectivity index (χ4n) is 3.16. The maximum absolute atomic E-state index is 9.88. The van der Waals surface area contributed by atoms with Crippen LogP contribution in [0.4, 0.5) is 0 Å². The third kappa shape index (κ3) is 4.65. The van der Waals surface area contributed by atoms with Crippen molar-refractivity contribution in [2.24, 2.45) is 0 Å². The van der Waals surface area contributed by atoms with Gasteiger partial charge in [-0.05, 0) is 40.2 Å². The molecule has 0 saturated carbocycles. The Kier molecular flexibility index (Phi) is 6.78. The van der Waals surface area contributed by atoms with Crippen molar-refractivity contribution in [3.05, 3.63) is 11.1 Å². The van der Waals surface area contributed by atoms with Crippen molar-refractivity contribution in [1.29, 1.82) is 10.5 Å². The summed E-state index contributed by atoms with van der Waals surface area (Å²) in [4.78, 5) is 1.36. The lowest BCUT2D eigenvalue weighted by molar-refractivity contribution is -0.169. The predicted molar refractivity (Wildman–Crippen MR) is 110 cm³/mol. The fourth-order valence-corrected chi connectivity index (χ4v) is 4.88. The number of thioether (sulfide) groups is 2. The summed E-state index contributed by atoms with van der Waals surface area (Å²) in [6, 6.07) is 4.20. The average molecular weight is 453 g/mol. The van der Waals surface area contributed by atoms with Gasteiger partial charge >= 0.3 is 0 Å². The summed E-state index contributed by atoms with van der Waals surface area (Å²) in [6.45, 7) is 7.56. The van der Waals surface area contributed by atoms with Gasteiger partial charge in [-0.25, -0.2) is 0 Å². The maximum atomic E-state index is 9.88. The summed E-state index contributed by atoms with van der Waals surface area (Å²) < 4.78 is 34.7. The first-order valence-corrected chi connectivity index (χ1v) is 11.7. The molecule has 0 aromatic heterocycles. The summed E-state index contributed by atoms with van der Waals surface area (Å²) in [5.74, 6) is -0.998. The SMILES string of the molecule is CSc1c(OC2COC(C)(C)O2)c(C#N)c(C#N)c(OC2COC(C)(C)O2)c1SC.